The van der Waals surface area contributed by atoms with Crippen molar-refractivity contribution in [2.45, 2.75) is 38.6 Å². The Morgan fingerprint density at radius 1 is 1.33 bits per heavy atom. The van der Waals surface area contributed by atoms with Gasteiger partial charge in [0.15, 0.2) is 0 Å². The van der Waals surface area contributed by atoms with Crippen molar-refractivity contribution in [2.75, 3.05) is 32.7 Å². The normalized spacial score (nSPS) is 27.7. The molecular formula is C13H26N4O3S. The van der Waals surface area contributed by atoms with Crippen molar-refractivity contribution in [1.29, 1.82) is 0 Å². The fraction of sp³-hybridized carbons (Fsp3) is 0.923. The van der Waals surface area contributed by atoms with Crippen LogP contribution in [0.4, 0.5) is 0 Å². The highest BCUT2D eigenvalue weighted by molar-refractivity contribution is 7.87. The molecule has 2 aliphatic heterocycles. The first-order valence-corrected chi connectivity index (χ1v) is 9.22. The number of nitrogens with zero attached hydrogens (tertiary/aromatic N) is 1. The van der Waals surface area contributed by atoms with Crippen LogP contribution in [0, 0.1) is 5.92 Å². The van der Waals surface area contributed by atoms with Crippen molar-refractivity contribution in [3.63, 3.8) is 0 Å². The predicted molar refractivity (Wildman–Crippen MR) is 80.9 cm³/mol. The van der Waals surface area contributed by atoms with Gasteiger partial charge in [-0.05, 0) is 38.1 Å². The molecule has 8 heteroatoms. The molecule has 2 fully saturated rings. The van der Waals surface area contributed by atoms with E-state index in [0.29, 0.717) is 26.2 Å². The van der Waals surface area contributed by atoms with Crippen LogP contribution in [-0.2, 0) is 15.0 Å². The molecule has 3 N–H and O–H groups in total. The van der Waals surface area contributed by atoms with E-state index < -0.39 is 10.2 Å². The summed E-state index contributed by atoms with van der Waals surface area (Å²) in [6.45, 7) is 4.66. The number of hydrogen-bond donors (Lipinski definition) is 3. The van der Waals surface area contributed by atoms with Crippen molar-refractivity contribution in [2.24, 2.45) is 5.92 Å². The Hall–Kier alpha value is -0.700. The summed E-state index contributed by atoms with van der Waals surface area (Å²) in [6, 6.07) is -0.0739. The van der Waals surface area contributed by atoms with E-state index >= 15 is 0 Å². The van der Waals surface area contributed by atoms with E-state index in [2.05, 4.69) is 15.4 Å². The summed E-state index contributed by atoms with van der Waals surface area (Å²) >= 11 is 0. The molecule has 122 valence electrons. The van der Waals surface area contributed by atoms with Crippen molar-refractivity contribution in [1.82, 2.24) is 19.7 Å². The molecule has 2 unspecified atom stereocenters. The number of rotatable bonds is 6. The second-order valence-corrected chi connectivity index (χ2v) is 7.52. The van der Waals surface area contributed by atoms with E-state index in [1.807, 2.05) is 0 Å². The lowest BCUT2D eigenvalue weighted by Gasteiger charge is -2.32. The molecule has 7 nitrogen and oxygen atoms in total. The SMILES string of the molecule is CCNS(=O)(=O)N1CCCC(CNC(=O)C2CCCN2)C1. The van der Waals surface area contributed by atoms with E-state index in [-0.39, 0.29) is 17.9 Å². The highest BCUT2D eigenvalue weighted by atomic mass is 32.2. The van der Waals surface area contributed by atoms with Gasteiger partial charge >= 0.3 is 0 Å². The molecule has 2 atom stereocenters. The van der Waals surface area contributed by atoms with Gasteiger partial charge in [-0.3, -0.25) is 4.79 Å². The standard InChI is InChI=1S/C13H26N4O3S/c1-2-16-21(19,20)17-8-4-5-11(10-17)9-15-13(18)12-6-3-7-14-12/h11-12,14,16H,2-10H2,1H3,(H,15,18). The van der Waals surface area contributed by atoms with Gasteiger partial charge in [-0.1, -0.05) is 6.92 Å². The fourth-order valence-electron chi connectivity index (χ4n) is 2.96. The van der Waals surface area contributed by atoms with E-state index in [9.17, 15) is 13.2 Å². The minimum Gasteiger partial charge on any atom is -0.354 e. The number of hydrogen-bond acceptors (Lipinski definition) is 4. The zero-order chi connectivity index (χ0) is 15.3. The van der Waals surface area contributed by atoms with Gasteiger partial charge in [0.25, 0.3) is 10.2 Å². The van der Waals surface area contributed by atoms with Crippen molar-refractivity contribution < 1.29 is 13.2 Å². The van der Waals surface area contributed by atoms with E-state index in [1.165, 1.54) is 4.31 Å². The summed E-state index contributed by atoms with van der Waals surface area (Å²) in [6.07, 6.45) is 3.72. The first-order chi connectivity index (χ1) is 10.0. The molecular weight excluding hydrogens is 292 g/mol. The molecule has 2 heterocycles. The Bertz CT molecular complexity index is 448. The van der Waals surface area contributed by atoms with Crippen molar-refractivity contribution in [3.8, 4) is 0 Å². The van der Waals surface area contributed by atoms with Gasteiger partial charge in [-0.2, -0.15) is 12.7 Å². The third-order valence-corrected chi connectivity index (χ3v) is 5.76. The summed E-state index contributed by atoms with van der Waals surface area (Å²) in [4.78, 5) is 12.0. The van der Waals surface area contributed by atoms with Crippen LogP contribution in [0.5, 0.6) is 0 Å². The number of carbonyl (C=O) groups is 1. The molecule has 0 bridgehead atoms. The van der Waals surface area contributed by atoms with Crippen LogP contribution >= 0.6 is 0 Å². The summed E-state index contributed by atoms with van der Waals surface area (Å²) in [5.41, 5.74) is 0. The minimum absolute atomic E-state index is 0.0409. The molecule has 0 aromatic rings. The Balaban J connectivity index is 1.80. The largest absolute Gasteiger partial charge is 0.354 e. The van der Waals surface area contributed by atoms with Crippen LogP contribution in [0.2, 0.25) is 0 Å². The highest BCUT2D eigenvalue weighted by Gasteiger charge is 2.29. The number of piperidine rings is 1. The molecule has 2 rings (SSSR count). The zero-order valence-corrected chi connectivity index (χ0v) is 13.4. The fourth-order valence-corrected chi connectivity index (χ4v) is 4.29. The summed E-state index contributed by atoms with van der Waals surface area (Å²) in [7, 11) is -3.36. The highest BCUT2D eigenvalue weighted by Crippen LogP contribution is 2.18. The Morgan fingerprint density at radius 2 is 2.14 bits per heavy atom. The smallest absolute Gasteiger partial charge is 0.279 e. The van der Waals surface area contributed by atoms with Gasteiger partial charge < -0.3 is 10.6 Å². The van der Waals surface area contributed by atoms with E-state index in [1.54, 1.807) is 6.92 Å². The monoisotopic (exact) mass is 318 g/mol. The van der Waals surface area contributed by atoms with E-state index in [0.717, 1.165) is 32.2 Å². The summed E-state index contributed by atoms with van der Waals surface area (Å²) < 4.78 is 28.0. The Morgan fingerprint density at radius 3 is 2.81 bits per heavy atom. The molecule has 0 saturated carbocycles. The molecule has 0 aromatic heterocycles. The second kappa shape index (κ2) is 7.53. The van der Waals surface area contributed by atoms with E-state index in [4.69, 9.17) is 0 Å². The maximum absolute atomic E-state index is 12.0. The number of nitrogens with one attached hydrogen (secondary N) is 3. The first-order valence-electron chi connectivity index (χ1n) is 7.78. The Kier molecular flexibility index (Phi) is 5.98. The first kappa shape index (κ1) is 16.7. The molecule has 0 radical (unpaired) electrons. The number of carbonyl (C=O) groups excluding carboxylic acids is 1. The van der Waals surface area contributed by atoms with Crippen LogP contribution in [0.1, 0.15) is 32.6 Å². The van der Waals surface area contributed by atoms with Gasteiger partial charge in [0.2, 0.25) is 5.91 Å². The molecule has 2 saturated heterocycles. The summed E-state index contributed by atoms with van der Waals surface area (Å²) in [5, 5.41) is 6.12. The van der Waals surface area contributed by atoms with Crippen molar-refractivity contribution in [3.05, 3.63) is 0 Å². The third-order valence-electron chi connectivity index (χ3n) is 4.09. The molecule has 0 aliphatic carbocycles. The lowest BCUT2D eigenvalue weighted by molar-refractivity contribution is -0.123. The molecule has 2 aliphatic rings. The average Bonchev–Trinajstić information content (AvgIpc) is 2.99. The molecule has 21 heavy (non-hydrogen) atoms. The quantitative estimate of drug-likeness (QED) is 0.611. The lowest BCUT2D eigenvalue weighted by atomic mass is 9.99. The van der Waals surface area contributed by atoms with Gasteiger partial charge in [-0.25, -0.2) is 4.72 Å². The van der Waals surface area contributed by atoms with Crippen LogP contribution in [0.15, 0.2) is 0 Å². The van der Waals surface area contributed by atoms with Crippen LogP contribution < -0.4 is 15.4 Å². The van der Waals surface area contributed by atoms with Crippen LogP contribution in [-0.4, -0.2) is 57.4 Å². The maximum atomic E-state index is 12.0. The molecule has 0 spiro atoms. The van der Waals surface area contributed by atoms with Gasteiger partial charge in [-0.15, -0.1) is 0 Å². The Labute approximate surface area is 127 Å². The van der Waals surface area contributed by atoms with Crippen molar-refractivity contribution >= 4 is 16.1 Å². The van der Waals surface area contributed by atoms with Gasteiger partial charge in [0.1, 0.15) is 0 Å². The third kappa shape index (κ3) is 4.64. The second-order valence-electron chi connectivity index (χ2n) is 5.76. The molecule has 1 amide bonds. The van der Waals surface area contributed by atoms with Crippen LogP contribution in [0.25, 0.3) is 0 Å². The lowest BCUT2D eigenvalue weighted by Crippen LogP contribution is -2.49. The summed E-state index contributed by atoms with van der Waals surface area (Å²) in [5.74, 6) is 0.233. The van der Waals surface area contributed by atoms with Gasteiger partial charge in [0.05, 0.1) is 6.04 Å². The average molecular weight is 318 g/mol. The predicted octanol–water partition coefficient (Wildman–Crippen LogP) is -0.579. The van der Waals surface area contributed by atoms with Gasteiger partial charge in [0, 0.05) is 26.2 Å². The maximum Gasteiger partial charge on any atom is 0.279 e. The molecule has 0 aromatic carbocycles. The van der Waals surface area contributed by atoms with Crippen LogP contribution in [0.3, 0.4) is 0 Å². The minimum atomic E-state index is -3.36. The number of amides is 1. The zero-order valence-electron chi connectivity index (χ0n) is 12.6. The topological polar surface area (TPSA) is 90.5 Å².